The van der Waals surface area contributed by atoms with E-state index in [2.05, 4.69) is 15.0 Å². The topological polar surface area (TPSA) is 83.4 Å². The summed E-state index contributed by atoms with van der Waals surface area (Å²) >= 11 is 0. The quantitative estimate of drug-likeness (QED) is 0.784. The van der Waals surface area contributed by atoms with E-state index in [0.717, 1.165) is 0 Å². The van der Waals surface area contributed by atoms with Crippen molar-refractivity contribution in [2.45, 2.75) is 51.7 Å². The van der Waals surface area contributed by atoms with Gasteiger partial charge in [-0.1, -0.05) is 24.4 Å². The van der Waals surface area contributed by atoms with Crippen LogP contribution in [0, 0.1) is 5.92 Å². The van der Waals surface area contributed by atoms with E-state index < -0.39 is 0 Å². The van der Waals surface area contributed by atoms with Crippen molar-refractivity contribution in [3.8, 4) is 0 Å². The van der Waals surface area contributed by atoms with Gasteiger partial charge in [0.05, 0.1) is 0 Å². The molecule has 6 heteroatoms. The second-order valence-electron chi connectivity index (χ2n) is 4.63. The molecular weight excluding hydrogens is 234 g/mol. The molecule has 2 N–H and O–H groups in total. The van der Waals surface area contributed by atoms with Crippen molar-refractivity contribution in [1.29, 1.82) is 0 Å². The highest BCUT2D eigenvalue weighted by atomic mass is 16.6. The zero-order chi connectivity index (χ0) is 12.8. The first-order chi connectivity index (χ1) is 8.85. The molecule has 6 nitrogen and oxygen atoms in total. The van der Waals surface area contributed by atoms with E-state index in [9.17, 15) is 0 Å². The molecule has 1 aliphatic carbocycles. The Kier molecular flexibility index (Phi) is 5.10. The summed E-state index contributed by atoms with van der Waals surface area (Å²) in [7, 11) is 0. The van der Waals surface area contributed by atoms with Crippen LogP contribution in [0.15, 0.2) is 4.52 Å². The minimum absolute atomic E-state index is 0.0643. The van der Waals surface area contributed by atoms with E-state index in [1.165, 1.54) is 32.1 Å². The van der Waals surface area contributed by atoms with Gasteiger partial charge in [-0.05, 0) is 25.7 Å². The smallest absolute Gasteiger partial charge is 0.254 e. The van der Waals surface area contributed by atoms with E-state index in [0.29, 0.717) is 24.2 Å². The summed E-state index contributed by atoms with van der Waals surface area (Å²) in [6.07, 6.45) is 6.10. The van der Waals surface area contributed by atoms with E-state index >= 15 is 0 Å². The molecule has 0 bridgehead atoms. The number of rotatable bonds is 6. The minimum Gasteiger partial charge on any atom is -0.370 e. The highest BCUT2D eigenvalue weighted by Crippen LogP contribution is 2.35. The van der Waals surface area contributed by atoms with Crippen molar-refractivity contribution < 1.29 is 14.1 Å². The average Bonchev–Trinajstić information content (AvgIpc) is 2.86. The third kappa shape index (κ3) is 3.28. The van der Waals surface area contributed by atoms with Crippen LogP contribution in [0.1, 0.15) is 56.8 Å². The molecule has 1 heterocycles. The summed E-state index contributed by atoms with van der Waals surface area (Å²) in [5, 5.41) is 3.98. The number of aromatic nitrogens is 2. The average molecular weight is 255 g/mol. The zero-order valence-corrected chi connectivity index (χ0v) is 10.8. The lowest BCUT2D eigenvalue weighted by molar-refractivity contribution is -0.00145. The van der Waals surface area contributed by atoms with Gasteiger partial charge in [0.25, 0.3) is 5.89 Å². The molecule has 102 valence electrons. The van der Waals surface area contributed by atoms with Gasteiger partial charge < -0.3 is 9.26 Å². The fourth-order valence-electron chi connectivity index (χ4n) is 2.55. The lowest BCUT2D eigenvalue weighted by Crippen LogP contribution is -2.20. The molecule has 1 saturated carbocycles. The maximum Gasteiger partial charge on any atom is 0.254 e. The minimum atomic E-state index is -0.0643. The molecule has 1 fully saturated rings. The van der Waals surface area contributed by atoms with Gasteiger partial charge in [-0.25, -0.2) is 5.90 Å². The van der Waals surface area contributed by atoms with Gasteiger partial charge in [0.15, 0.2) is 0 Å². The van der Waals surface area contributed by atoms with Crippen molar-refractivity contribution in [2.75, 3.05) is 6.61 Å². The van der Waals surface area contributed by atoms with Crippen molar-refractivity contribution >= 4 is 0 Å². The molecule has 18 heavy (non-hydrogen) atoms. The third-order valence-corrected chi connectivity index (χ3v) is 3.37. The first-order valence-electron chi connectivity index (χ1n) is 6.61. The monoisotopic (exact) mass is 255 g/mol. The lowest BCUT2D eigenvalue weighted by atomic mass is 9.85. The molecule has 0 aromatic carbocycles. The van der Waals surface area contributed by atoms with Gasteiger partial charge in [-0.3, -0.25) is 4.84 Å². The van der Waals surface area contributed by atoms with Gasteiger partial charge >= 0.3 is 0 Å². The molecule has 1 aromatic heterocycles. The largest absolute Gasteiger partial charge is 0.370 e. The summed E-state index contributed by atoms with van der Waals surface area (Å²) in [5.74, 6) is 6.49. The van der Waals surface area contributed by atoms with Crippen molar-refractivity contribution in [3.05, 3.63) is 11.7 Å². The molecule has 0 radical (unpaired) electrons. The Hall–Kier alpha value is -0.980. The molecule has 2 rings (SSSR count). The predicted octanol–water partition coefficient (Wildman–Crippen LogP) is 2.12. The Morgan fingerprint density at radius 3 is 2.83 bits per heavy atom. The van der Waals surface area contributed by atoms with Crippen LogP contribution in [0.5, 0.6) is 0 Å². The van der Waals surface area contributed by atoms with Crippen LogP contribution in [0.4, 0.5) is 0 Å². The SMILES string of the molecule is CCOC(c1noc(CON)n1)C1CCCCC1. The highest BCUT2D eigenvalue weighted by molar-refractivity contribution is 4.94. The van der Waals surface area contributed by atoms with Gasteiger partial charge in [-0.2, -0.15) is 4.98 Å². The molecule has 1 unspecified atom stereocenters. The molecule has 0 aliphatic heterocycles. The molecule has 0 spiro atoms. The number of nitrogens with two attached hydrogens (primary N) is 1. The number of nitrogens with zero attached hydrogens (tertiary/aromatic N) is 2. The van der Waals surface area contributed by atoms with Gasteiger partial charge in [0.2, 0.25) is 5.82 Å². The van der Waals surface area contributed by atoms with Gasteiger partial charge in [0, 0.05) is 6.61 Å². The second-order valence-corrected chi connectivity index (χ2v) is 4.63. The Morgan fingerprint density at radius 2 is 2.17 bits per heavy atom. The van der Waals surface area contributed by atoms with E-state index in [1.807, 2.05) is 6.92 Å². The number of hydrogen-bond acceptors (Lipinski definition) is 6. The van der Waals surface area contributed by atoms with Crippen LogP contribution in [0.3, 0.4) is 0 Å². The highest BCUT2D eigenvalue weighted by Gasteiger charge is 2.29. The maximum absolute atomic E-state index is 5.80. The fourth-order valence-corrected chi connectivity index (χ4v) is 2.55. The summed E-state index contributed by atoms with van der Waals surface area (Å²) in [4.78, 5) is 8.78. The molecule has 0 saturated heterocycles. The number of ether oxygens (including phenoxy) is 1. The van der Waals surface area contributed by atoms with Crippen LogP contribution < -0.4 is 5.90 Å². The fraction of sp³-hybridized carbons (Fsp3) is 0.833. The molecule has 1 aromatic rings. The summed E-state index contributed by atoms with van der Waals surface area (Å²) in [5.41, 5.74) is 0. The standard InChI is InChI=1S/C12H21N3O3/c1-2-16-11(9-6-4-3-5-7-9)12-14-10(8-17-13)18-15-12/h9,11H,2-8,13H2,1H3. The van der Waals surface area contributed by atoms with Crippen LogP contribution in [0.25, 0.3) is 0 Å². The van der Waals surface area contributed by atoms with Gasteiger partial charge in [0.1, 0.15) is 12.7 Å². The van der Waals surface area contributed by atoms with Crippen molar-refractivity contribution in [1.82, 2.24) is 10.1 Å². The van der Waals surface area contributed by atoms with Crippen LogP contribution >= 0.6 is 0 Å². The van der Waals surface area contributed by atoms with E-state index in [4.69, 9.17) is 15.2 Å². The molecule has 1 aliphatic rings. The molecule has 1 atom stereocenters. The second kappa shape index (κ2) is 6.82. The Morgan fingerprint density at radius 1 is 1.39 bits per heavy atom. The Labute approximate surface area is 107 Å². The predicted molar refractivity (Wildman–Crippen MR) is 64.2 cm³/mol. The first-order valence-corrected chi connectivity index (χ1v) is 6.61. The molecule has 0 amide bonds. The maximum atomic E-state index is 5.80. The first kappa shape index (κ1) is 13.5. The normalized spacial score (nSPS) is 19.0. The van der Waals surface area contributed by atoms with Gasteiger partial charge in [-0.15, -0.1) is 0 Å². The Balaban J connectivity index is 2.06. The Bertz CT molecular complexity index is 350. The van der Waals surface area contributed by atoms with Crippen molar-refractivity contribution in [3.63, 3.8) is 0 Å². The van der Waals surface area contributed by atoms with Crippen LogP contribution in [-0.4, -0.2) is 16.7 Å². The van der Waals surface area contributed by atoms with E-state index in [-0.39, 0.29) is 12.7 Å². The van der Waals surface area contributed by atoms with E-state index in [1.54, 1.807) is 0 Å². The van der Waals surface area contributed by atoms with Crippen molar-refractivity contribution in [2.24, 2.45) is 11.8 Å². The van der Waals surface area contributed by atoms with Crippen LogP contribution in [0.2, 0.25) is 0 Å². The van der Waals surface area contributed by atoms with Crippen LogP contribution in [-0.2, 0) is 16.2 Å². The zero-order valence-electron chi connectivity index (χ0n) is 10.8. The third-order valence-electron chi connectivity index (χ3n) is 3.37. The summed E-state index contributed by atoms with van der Waals surface area (Å²) in [6, 6.07) is 0. The summed E-state index contributed by atoms with van der Waals surface area (Å²) in [6.45, 7) is 2.77. The summed E-state index contributed by atoms with van der Waals surface area (Å²) < 4.78 is 10.9. The molecular formula is C12H21N3O3. The number of hydrogen-bond donors (Lipinski definition) is 1. The lowest BCUT2D eigenvalue weighted by Gasteiger charge is -2.27.